The van der Waals surface area contributed by atoms with Crippen molar-refractivity contribution in [3.8, 4) is 0 Å². The molecule has 3 aromatic carbocycles. The van der Waals surface area contributed by atoms with E-state index in [0.29, 0.717) is 0 Å². The molecule has 0 heterocycles. The van der Waals surface area contributed by atoms with Gasteiger partial charge in [-0.05, 0) is 53.6 Å². The number of hydrogen-bond acceptors (Lipinski definition) is 3. The van der Waals surface area contributed by atoms with Gasteiger partial charge in [-0.25, -0.2) is 0 Å². The molecule has 0 radical (unpaired) electrons. The number of nitrogens with one attached hydrogen (secondary N) is 1. The SMILES string of the molecule is C[C@H](OC(=O)Cc1cccc2ccccc12)C(=O)N[C@@H]1CCCc2ccccc21. The smallest absolute Gasteiger partial charge is 0.311 e. The van der Waals surface area contributed by atoms with E-state index in [2.05, 4.69) is 17.4 Å². The first-order valence-electron chi connectivity index (χ1n) is 10.2. The van der Waals surface area contributed by atoms with Crippen molar-refractivity contribution in [2.45, 2.75) is 44.8 Å². The summed E-state index contributed by atoms with van der Waals surface area (Å²) >= 11 is 0. The molecular formula is C25H25NO3. The highest BCUT2D eigenvalue weighted by molar-refractivity contribution is 5.90. The summed E-state index contributed by atoms with van der Waals surface area (Å²) in [5, 5.41) is 5.17. The van der Waals surface area contributed by atoms with Gasteiger partial charge in [0.2, 0.25) is 0 Å². The van der Waals surface area contributed by atoms with Gasteiger partial charge in [0.1, 0.15) is 0 Å². The molecule has 0 aliphatic heterocycles. The minimum absolute atomic E-state index is 0.0216. The molecule has 0 aromatic heterocycles. The lowest BCUT2D eigenvalue weighted by molar-refractivity contribution is -0.154. The van der Waals surface area contributed by atoms with Gasteiger partial charge in [-0.15, -0.1) is 0 Å². The number of esters is 1. The fraction of sp³-hybridized carbons (Fsp3) is 0.280. The summed E-state index contributed by atoms with van der Waals surface area (Å²) in [6.45, 7) is 1.63. The predicted octanol–water partition coefficient (Wildman–Crippen LogP) is 4.51. The van der Waals surface area contributed by atoms with Gasteiger partial charge in [0, 0.05) is 0 Å². The Morgan fingerprint density at radius 1 is 1.03 bits per heavy atom. The van der Waals surface area contributed by atoms with Gasteiger partial charge in [-0.1, -0.05) is 66.7 Å². The molecule has 0 unspecified atom stereocenters. The first kappa shape index (κ1) is 19.2. The van der Waals surface area contributed by atoms with Crippen LogP contribution in [0.2, 0.25) is 0 Å². The van der Waals surface area contributed by atoms with E-state index in [-0.39, 0.29) is 18.4 Å². The molecule has 1 aliphatic carbocycles. The van der Waals surface area contributed by atoms with E-state index >= 15 is 0 Å². The molecule has 4 rings (SSSR count). The van der Waals surface area contributed by atoms with Crippen molar-refractivity contribution in [2.24, 2.45) is 0 Å². The van der Waals surface area contributed by atoms with Crippen LogP contribution in [0.4, 0.5) is 0 Å². The molecule has 4 nitrogen and oxygen atoms in total. The molecule has 148 valence electrons. The Balaban J connectivity index is 1.38. The van der Waals surface area contributed by atoms with Crippen LogP contribution in [0.3, 0.4) is 0 Å². The second kappa shape index (κ2) is 8.48. The highest BCUT2D eigenvalue weighted by Gasteiger charge is 2.25. The zero-order chi connectivity index (χ0) is 20.2. The number of ether oxygens (including phenoxy) is 1. The summed E-state index contributed by atoms with van der Waals surface area (Å²) in [6.07, 6.45) is 2.30. The summed E-state index contributed by atoms with van der Waals surface area (Å²) in [7, 11) is 0. The third kappa shape index (κ3) is 4.32. The zero-order valence-electron chi connectivity index (χ0n) is 16.6. The van der Waals surface area contributed by atoms with E-state index in [9.17, 15) is 9.59 Å². The lowest BCUT2D eigenvalue weighted by Gasteiger charge is -2.27. The molecule has 1 N–H and O–H groups in total. The molecule has 29 heavy (non-hydrogen) atoms. The zero-order valence-corrected chi connectivity index (χ0v) is 16.6. The van der Waals surface area contributed by atoms with E-state index in [1.165, 1.54) is 11.1 Å². The van der Waals surface area contributed by atoms with Gasteiger partial charge < -0.3 is 10.1 Å². The van der Waals surface area contributed by atoms with Crippen molar-refractivity contribution in [3.63, 3.8) is 0 Å². The summed E-state index contributed by atoms with van der Waals surface area (Å²) in [5.74, 6) is -0.647. The van der Waals surface area contributed by atoms with Gasteiger partial charge in [-0.2, -0.15) is 0 Å². The van der Waals surface area contributed by atoms with Crippen LogP contribution in [0.1, 0.15) is 42.5 Å². The van der Waals surface area contributed by atoms with E-state index in [4.69, 9.17) is 4.74 Å². The normalized spacial score (nSPS) is 16.7. The highest BCUT2D eigenvalue weighted by atomic mass is 16.5. The molecule has 0 saturated carbocycles. The van der Waals surface area contributed by atoms with E-state index < -0.39 is 12.1 Å². The number of carbonyl (C=O) groups excluding carboxylic acids is 2. The van der Waals surface area contributed by atoms with Crippen LogP contribution < -0.4 is 5.32 Å². The third-order valence-corrected chi connectivity index (χ3v) is 5.58. The van der Waals surface area contributed by atoms with Crippen molar-refractivity contribution in [2.75, 3.05) is 0 Å². The fourth-order valence-electron chi connectivity index (χ4n) is 4.09. The lowest BCUT2D eigenvalue weighted by Crippen LogP contribution is -2.39. The van der Waals surface area contributed by atoms with Gasteiger partial charge >= 0.3 is 5.97 Å². The molecule has 3 aromatic rings. The molecule has 1 aliphatic rings. The predicted molar refractivity (Wildman–Crippen MR) is 113 cm³/mol. The Labute approximate surface area is 170 Å². The van der Waals surface area contributed by atoms with Gasteiger partial charge in [-0.3, -0.25) is 9.59 Å². The summed E-state index contributed by atoms with van der Waals surface area (Å²) < 4.78 is 5.44. The molecular weight excluding hydrogens is 362 g/mol. The fourth-order valence-corrected chi connectivity index (χ4v) is 4.09. The van der Waals surface area contributed by atoms with Crippen molar-refractivity contribution >= 4 is 22.6 Å². The number of hydrogen-bond donors (Lipinski definition) is 1. The second-order valence-corrected chi connectivity index (χ2v) is 7.60. The van der Waals surface area contributed by atoms with E-state index in [0.717, 1.165) is 35.6 Å². The van der Waals surface area contributed by atoms with Crippen molar-refractivity contribution in [1.29, 1.82) is 0 Å². The highest BCUT2D eigenvalue weighted by Crippen LogP contribution is 2.29. The Morgan fingerprint density at radius 3 is 2.69 bits per heavy atom. The number of rotatable bonds is 5. The molecule has 0 saturated heterocycles. The molecule has 1 amide bonds. The number of carbonyl (C=O) groups is 2. The standard InChI is InChI=1S/C25H25NO3/c1-17(25(28)26-23-15-7-11-19-9-3-5-14-22(19)23)29-24(27)16-20-12-6-10-18-8-2-4-13-21(18)20/h2-6,8-10,12-14,17,23H,7,11,15-16H2,1H3,(H,26,28)/t17-,23+/m0/s1. The van der Waals surface area contributed by atoms with E-state index in [1.807, 2.05) is 54.6 Å². The van der Waals surface area contributed by atoms with Crippen LogP contribution in [-0.4, -0.2) is 18.0 Å². The monoisotopic (exact) mass is 387 g/mol. The van der Waals surface area contributed by atoms with Gasteiger partial charge in [0.15, 0.2) is 6.10 Å². The quantitative estimate of drug-likeness (QED) is 0.656. The van der Waals surface area contributed by atoms with Crippen LogP contribution in [0.25, 0.3) is 10.8 Å². The first-order chi connectivity index (χ1) is 14.1. The number of amides is 1. The first-order valence-corrected chi connectivity index (χ1v) is 10.2. The second-order valence-electron chi connectivity index (χ2n) is 7.60. The number of aryl methyl sites for hydroxylation is 1. The average Bonchev–Trinajstić information content (AvgIpc) is 2.74. The summed E-state index contributed by atoms with van der Waals surface area (Å²) in [4.78, 5) is 25.1. The van der Waals surface area contributed by atoms with Crippen molar-refractivity contribution in [1.82, 2.24) is 5.32 Å². The maximum atomic E-state index is 12.6. The minimum Gasteiger partial charge on any atom is -0.452 e. The maximum Gasteiger partial charge on any atom is 0.311 e. The number of benzene rings is 3. The Hall–Kier alpha value is -3.14. The third-order valence-electron chi connectivity index (χ3n) is 5.58. The van der Waals surface area contributed by atoms with Crippen molar-refractivity contribution in [3.05, 3.63) is 83.4 Å². The Bertz CT molecular complexity index is 1040. The summed E-state index contributed by atoms with van der Waals surface area (Å²) in [6, 6.07) is 22.0. The van der Waals surface area contributed by atoms with Crippen LogP contribution in [-0.2, 0) is 27.2 Å². The largest absolute Gasteiger partial charge is 0.452 e. The molecule has 2 atom stereocenters. The van der Waals surface area contributed by atoms with Crippen LogP contribution in [0, 0.1) is 0 Å². The number of fused-ring (bicyclic) bond motifs is 2. The lowest BCUT2D eigenvalue weighted by atomic mass is 9.87. The van der Waals surface area contributed by atoms with E-state index in [1.54, 1.807) is 6.92 Å². The van der Waals surface area contributed by atoms with Gasteiger partial charge in [0.05, 0.1) is 12.5 Å². The summed E-state index contributed by atoms with van der Waals surface area (Å²) in [5.41, 5.74) is 3.35. The topological polar surface area (TPSA) is 55.4 Å². The minimum atomic E-state index is -0.827. The Kier molecular flexibility index (Phi) is 5.61. The van der Waals surface area contributed by atoms with Gasteiger partial charge in [0.25, 0.3) is 5.91 Å². The molecule has 0 spiro atoms. The van der Waals surface area contributed by atoms with Crippen LogP contribution in [0.15, 0.2) is 66.7 Å². The van der Waals surface area contributed by atoms with Crippen LogP contribution >= 0.6 is 0 Å². The molecule has 4 heteroatoms. The molecule has 0 fully saturated rings. The maximum absolute atomic E-state index is 12.6. The Morgan fingerprint density at radius 2 is 1.79 bits per heavy atom. The molecule has 0 bridgehead atoms. The van der Waals surface area contributed by atoms with Crippen molar-refractivity contribution < 1.29 is 14.3 Å². The average molecular weight is 387 g/mol. The van der Waals surface area contributed by atoms with Crippen LogP contribution in [0.5, 0.6) is 0 Å².